The summed E-state index contributed by atoms with van der Waals surface area (Å²) in [5.74, 6) is 0.841. The van der Waals surface area contributed by atoms with Crippen LogP contribution in [0.15, 0.2) is 0 Å². The first kappa shape index (κ1) is 12.0. The average Bonchev–Trinajstić information content (AvgIpc) is 2.21. The molecular formula is C12H26N2. The van der Waals surface area contributed by atoms with Gasteiger partial charge in [0, 0.05) is 12.6 Å². The Morgan fingerprint density at radius 3 is 2.86 bits per heavy atom. The maximum absolute atomic E-state index is 5.66. The molecular weight excluding hydrogens is 172 g/mol. The van der Waals surface area contributed by atoms with E-state index in [9.17, 15) is 0 Å². The topological polar surface area (TPSA) is 29.3 Å². The van der Waals surface area contributed by atoms with E-state index in [0.717, 1.165) is 18.5 Å². The number of nitrogens with two attached hydrogens (primary N) is 1. The maximum Gasteiger partial charge on any atom is 0.0107 e. The number of hydrogen-bond donors (Lipinski definition) is 1. The van der Waals surface area contributed by atoms with Crippen LogP contribution in [0.5, 0.6) is 0 Å². The standard InChI is InChI=1S/C12H26N2/c1-3-11(2)10-14-9-5-4-6-12(14)7-8-13/h11-12H,3-10,13H2,1-2H3. The molecule has 0 amide bonds. The highest BCUT2D eigenvalue weighted by Gasteiger charge is 2.22. The van der Waals surface area contributed by atoms with Crippen LogP contribution in [-0.4, -0.2) is 30.6 Å². The third-order valence-electron chi connectivity index (χ3n) is 3.49. The Hall–Kier alpha value is -0.0800. The van der Waals surface area contributed by atoms with Gasteiger partial charge in [-0.3, -0.25) is 0 Å². The molecule has 0 aliphatic carbocycles. The van der Waals surface area contributed by atoms with Gasteiger partial charge in [0.1, 0.15) is 0 Å². The normalized spacial score (nSPS) is 26.4. The second-order valence-corrected chi connectivity index (χ2v) is 4.74. The Kier molecular flexibility index (Phi) is 5.49. The van der Waals surface area contributed by atoms with Crippen molar-refractivity contribution in [2.24, 2.45) is 11.7 Å². The van der Waals surface area contributed by atoms with E-state index in [1.807, 2.05) is 0 Å². The fraction of sp³-hybridized carbons (Fsp3) is 1.00. The second kappa shape index (κ2) is 6.41. The zero-order valence-electron chi connectivity index (χ0n) is 9.84. The van der Waals surface area contributed by atoms with Gasteiger partial charge < -0.3 is 10.6 Å². The number of piperidine rings is 1. The van der Waals surface area contributed by atoms with Gasteiger partial charge in [-0.1, -0.05) is 26.7 Å². The summed E-state index contributed by atoms with van der Waals surface area (Å²) in [7, 11) is 0. The van der Waals surface area contributed by atoms with Crippen LogP contribution in [0.2, 0.25) is 0 Å². The van der Waals surface area contributed by atoms with Crippen molar-refractivity contribution in [3.8, 4) is 0 Å². The van der Waals surface area contributed by atoms with Crippen molar-refractivity contribution in [2.75, 3.05) is 19.6 Å². The van der Waals surface area contributed by atoms with Gasteiger partial charge in [0.15, 0.2) is 0 Å². The molecule has 84 valence electrons. The predicted molar refractivity (Wildman–Crippen MR) is 62.3 cm³/mol. The van der Waals surface area contributed by atoms with Crippen LogP contribution in [0.25, 0.3) is 0 Å². The molecule has 2 atom stereocenters. The molecule has 14 heavy (non-hydrogen) atoms. The zero-order valence-corrected chi connectivity index (χ0v) is 9.84. The molecule has 1 aliphatic rings. The Morgan fingerprint density at radius 2 is 2.21 bits per heavy atom. The van der Waals surface area contributed by atoms with Gasteiger partial charge in [0.25, 0.3) is 0 Å². The molecule has 0 aromatic heterocycles. The molecule has 2 heteroatoms. The first-order valence-electron chi connectivity index (χ1n) is 6.22. The van der Waals surface area contributed by atoms with Crippen LogP contribution < -0.4 is 5.73 Å². The fourth-order valence-electron chi connectivity index (χ4n) is 2.35. The van der Waals surface area contributed by atoms with Gasteiger partial charge >= 0.3 is 0 Å². The van der Waals surface area contributed by atoms with Gasteiger partial charge in [0.05, 0.1) is 0 Å². The largest absolute Gasteiger partial charge is 0.330 e. The summed E-state index contributed by atoms with van der Waals surface area (Å²) in [5, 5.41) is 0. The van der Waals surface area contributed by atoms with E-state index < -0.39 is 0 Å². The molecule has 1 rings (SSSR count). The number of likely N-dealkylation sites (tertiary alicyclic amines) is 1. The van der Waals surface area contributed by atoms with Crippen LogP contribution >= 0.6 is 0 Å². The summed E-state index contributed by atoms with van der Waals surface area (Å²) in [6.07, 6.45) is 6.65. The SMILES string of the molecule is CCC(C)CN1CCCCC1CCN. The molecule has 2 unspecified atom stereocenters. The highest BCUT2D eigenvalue weighted by molar-refractivity contribution is 4.78. The lowest BCUT2D eigenvalue weighted by Crippen LogP contribution is -2.42. The summed E-state index contributed by atoms with van der Waals surface area (Å²) < 4.78 is 0. The van der Waals surface area contributed by atoms with Crippen molar-refractivity contribution in [1.82, 2.24) is 4.90 Å². The molecule has 0 aromatic carbocycles. The van der Waals surface area contributed by atoms with E-state index in [-0.39, 0.29) is 0 Å². The van der Waals surface area contributed by atoms with Crippen molar-refractivity contribution in [3.05, 3.63) is 0 Å². The first-order chi connectivity index (χ1) is 6.77. The van der Waals surface area contributed by atoms with Crippen molar-refractivity contribution in [1.29, 1.82) is 0 Å². The predicted octanol–water partition coefficient (Wildman–Crippen LogP) is 2.24. The molecule has 1 aliphatic heterocycles. The van der Waals surface area contributed by atoms with E-state index >= 15 is 0 Å². The summed E-state index contributed by atoms with van der Waals surface area (Å²) in [5.41, 5.74) is 5.66. The van der Waals surface area contributed by atoms with E-state index in [1.165, 1.54) is 45.2 Å². The lowest BCUT2D eigenvalue weighted by Gasteiger charge is -2.37. The minimum Gasteiger partial charge on any atom is -0.330 e. The third-order valence-corrected chi connectivity index (χ3v) is 3.49. The number of nitrogens with zero attached hydrogens (tertiary/aromatic N) is 1. The molecule has 2 N–H and O–H groups in total. The van der Waals surface area contributed by atoms with Gasteiger partial charge in [-0.05, 0) is 38.3 Å². The zero-order chi connectivity index (χ0) is 10.4. The Balaban J connectivity index is 2.37. The fourth-order valence-corrected chi connectivity index (χ4v) is 2.35. The smallest absolute Gasteiger partial charge is 0.0107 e. The maximum atomic E-state index is 5.66. The molecule has 0 saturated carbocycles. The molecule has 1 heterocycles. The quantitative estimate of drug-likeness (QED) is 0.734. The van der Waals surface area contributed by atoms with Crippen LogP contribution in [0.4, 0.5) is 0 Å². The van der Waals surface area contributed by atoms with Crippen molar-refractivity contribution in [3.63, 3.8) is 0 Å². The Morgan fingerprint density at radius 1 is 1.43 bits per heavy atom. The van der Waals surface area contributed by atoms with E-state index in [1.54, 1.807) is 0 Å². The lowest BCUT2D eigenvalue weighted by atomic mass is 9.97. The van der Waals surface area contributed by atoms with Crippen LogP contribution in [0.3, 0.4) is 0 Å². The van der Waals surface area contributed by atoms with Crippen LogP contribution in [0, 0.1) is 5.92 Å². The van der Waals surface area contributed by atoms with Gasteiger partial charge in [-0.2, -0.15) is 0 Å². The second-order valence-electron chi connectivity index (χ2n) is 4.74. The molecule has 0 spiro atoms. The van der Waals surface area contributed by atoms with Gasteiger partial charge in [-0.25, -0.2) is 0 Å². The highest BCUT2D eigenvalue weighted by Crippen LogP contribution is 2.20. The third kappa shape index (κ3) is 3.58. The number of hydrogen-bond acceptors (Lipinski definition) is 2. The van der Waals surface area contributed by atoms with Gasteiger partial charge in [0.2, 0.25) is 0 Å². The Bertz CT molecular complexity index is 145. The summed E-state index contributed by atoms with van der Waals surface area (Å²) in [6, 6.07) is 0.780. The van der Waals surface area contributed by atoms with Crippen LogP contribution in [-0.2, 0) is 0 Å². The van der Waals surface area contributed by atoms with Gasteiger partial charge in [-0.15, -0.1) is 0 Å². The molecule has 0 aromatic rings. The van der Waals surface area contributed by atoms with Crippen molar-refractivity contribution in [2.45, 2.75) is 52.0 Å². The molecule has 0 bridgehead atoms. The molecule has 2 nitrogen and oxygen atoms in total. The minimum absolute atomic E-state index is 0.780. The average molecular weight is 198 g/mol. The molecule has 0 radical (unpaired) electrons. The lowest BCUT2D eigenvalue weighted by molar-refractivity contribution is 0.122. The summed E-state index contributed by atoms with van der Waals surface area (Å²) in [4.78, 5) is 2.67. The van der Waals surface area contributed by atoms with E-state index in [2.05, 4.69) is 18.7 Å². The minimum atomic E-state index is 0.780. The van der Waals surface area contributed by atoms with Crippen molar-refractivity contribution < 1.29 is 0 Å². The first-order valence-corrected chi connectivity index (χ1v) is 6.22. The molecule has 1 fully saturated rings. The monoisotopic (exact) mass is 198 g/mol. The van der Waals surface area contributed by atoms with E-state index in [0.29, 0.717) is 0 Å². The summed E-state index contributed by atoms with van der Waals surface area (Å²) >= 11 is 0. The molecule has 1 saturated heterocycles. The Labute approximate surface area is 88.8 Å². The summed E-state index contributed by atoms with van der Waals surface area (Å²) in [6.45, 7) is 8.07. The van der Waals surface area contributed by atoms with Crippen molar-refractivity contribution >= 4 is 0 Å². The van der Waals surface area contributed by atoms with E-state index in [4.69, 9.17) is 5.73 Å². The van der Waals surface area contributed by atoms with Crippen LogP contribution in [0.1, 0.15) is 46.0 Å². The highest BCUT2D eigenvalue weighted by atomic mass is 15.2. The number of rotatable bonds is 5.